The number of aromatic amines is 1. The first-order valence-electron chi connectivity index (χ1n) is 8.86. The number of hydrogen-bond donors (Lipinski definition) is 5. The van der Waals surface area contributed by atoms with Gasteiger partial charge >= 0.3 is 6.03 Å². The van der Waals surface area contributed by atoms with E-state index in [0.717, 1.165) is 0 Å². The highest BCUT2D eigenvalue weighted by molar-refractivity contribution is 6.00. The van der Waals surface area contributed by atoms with E-state index >= 15 is 0 Å². The van der Waals surface area contributed by atoms with Crippen molar-refractivity contribution in [1.82, 2.24) is 40.3 Å². The summed E-state index contributed by atoms with van der Waals surface area (Å²) in [6, 6.07) is -0.373. The van der Waals surface area contributed by atoms with Gasteiger partial charge in [-0.2, -0.15) is 5.10 Å². The molecule has 1 saturated heterocycles. The van der Waals surface area contributed by atoms with Gasteiger partial charge in [0.05, 0.1) is 13.2 Å². The Hall–Kier alpha value is -3.41. The number of ether oxygens (including phenoxy) is 1. The predicted molar refractivity (Wildman–Crippen MR) is 103 cm³/mol. The van der Waals surface area contributed by atoms with E-state index in [-0.39, 0.29) is 17.7 Å². The largest absolute Gasteiger partial charge is 0.378 e. The van der Waals surface area contributed by atoms with E-state index in [2.05, 4.69) is 42.7 Å². The van der Waals surface area contributed by atoms with Gasteiger partial charge in [0.15, 0.2) is 17.5 Å². The lowest BCUT2D eigenvalue weighted by Crippen LogP contribution is -2.41. The number of anilines is 1. The van der Waals surface area contributed by atoms with Gasteiger partial charge in [0.1, 0.15) is 23.7 Å². The highest BCUT2D eigenvalue weighted by Crippen LogP contribution is 2.24. The van der Waals surface area contributed by atoms with E-state index in [1.165, 1.54) is 6.33 Å². The van der Waals surface area contributed by atoms with Gasteiger partial charge in [0, 0.05) is 26.7 Å². The number of carbonyl (C=O) groups excluding carboxylic acids is 1. The Morgan fingerprint density at radius 3 is 2.82 bits per heavy atom. The summed E-state index contributed by atoms with van der Waals surface area (Å²) in [6.07, 6.45) is 1.39. The van der Waals surface area contributed by atoms with Crippen LogP contribution < -0.4 is 16.0 Å². The van der Waals surface area contributed by atoms with E-state index in [9.17, 15) is 4.79 Å². The molecular weight excluding hydrogens is 364 g/mol. The minimum Gasteiger partial charge on any atom is -0.378 e. The normalized spacial score (nSPS) is 13.9. The molecule has 2 aromatic heterocycles. The number of amides is 2. The molecule has 5 N–H and O–H groups in total. The van der Waals surface area contributed by atoms with Crippen molar-refractivity contribution >= 4 is 17.7 Å². The molecular formula is C16H24N10O2. The Morgan fingerprint density at radius 2 is 2.18 bits per heavy atom. The van der Waals surface area contributed by atoms with Gasteiger partial charge in [-0.25, -0.2) is 14.8 Å². The lowest BCUT2D eigenvalue weighted by Gasteiger charge is -2.28. The monoisotopic (exact) mass is 388 g/mol. The Balaban J connectivity index is 1.90. The number of nitrogens with zero attached hydrogens (tertiary/aromatic N) is 5. The first-order chi connectivity index (χ1) is 13.5. The molecule has 0 spiro atoms. The summed E-state index contributed by atoms with van der Waals surface area (Å²) in [5.41, 5.74) is 0.412. The zero-order valence-electron chi connectivity index (χ0n) is 15.9. The van der Waals surface area contributed by atoms with Crippen LogP contribution in [0.2, 0.25) is 0 Å². The first kappa shape index (κ1) is 19.4. The number of H-pyrrole nitrogens is 1. The number of rotatable bonds is 6. The molecule has 0 unspecified atom stereocenters. The second kappa shape index (κ2) is 8.52. The summed E-state index contributed by atoms with van der Waals surface area (Å²) in [7, 11) is 1.78. The maximum atomic E-state index is 11.8. The average molecular weight is 388 g/mol. The minimum atomic E-state index is -0.373. The van der Waals surface area contributed by atoms with Crippen LogP contribution in [0.5, 0.6) is 0 Å². The molecule has 1 fully saturated rings. The number of urea groups is 1. The van der Waals surface area contributed by atoms with Crippen molar-refractivity contribution in [2.45, 2.75) is 6.92 Å². The number of morpholine rings is 1. The van der Waals surface area contributed by atoms with Crippen LogP contribution >= 0.6 is 0 Å². The van der Waals surface area contributed by atoms with Crippen LogP contribution in [0.3, 0.4) is 0 Å². The summed E-state index contributed by atoms with van der Waals surface area (Å²) in [5.74, 6) is 1.98. The Bertz CT molecular complexity index is 851. The van der Waals surface area contributed by atoms with Gasteiger partial charge in [0.2, 0.25) is 0 Å². The van der Waals surface area contributed by atoms with Gasteiger partial charge in [-0.15, -0.1) is 0 Å². The number of imidazole rings is 1. The van der Waals surface area contributed by atoms with Gasteiger partial charge in [-0.05, 0) is 6.92 Å². The molecule has 2 aromatic rings. The fraction of sp³-hybridized carbons (Fsp3) is 0.438. The summed E-state index contributed by atoms with van der Waals surface area (Å²) in [6.45, 7) is 8.46. The van der Waals surface area contributed by atoms with Crippen LogP contribution in [0.1, 0.15) is 12.6 Å². The van der Waals surface area contributed by atoms with E-state index in [4.69, 9.17) is 10.1 Å². The third-order valence-electron chi connectivity index (χ3n) is 4.14. The summed E-state index contributed by atoms with van der Waals surface area (Å²) in [5, 5.41) is 23.6. The molecule has 150 valence electrons. The average Bonchev–Trinajstić information content (AvgIpc) is 3.31. The molecule has 2 amide bonds. The first-order valence-corrected chi connectivity index (χ1v) is 8.86. The van der Waals surface area contributed by atoms with Crippen LogP contribution in [0, 0.1) is 5.41 Å². The number of aromatic nitrogens is 5. The van der Waals surface area contributed by atoms with Gasteiger partial charge in [-0.3, -0.25) is 15.8 Å². The standard InChI is InChI=1S/C16H24N10O2/c1-4-18-16(27)22-10(2)21-14-11(12(17)26-5-7-28-8-6-26)23-15(25(14)3)13-19-9-20-24-13/h9,17,21H,2,4-8H2,1,3H3,(H2,18,22,27)(H,19,20,24). The van der Waals surface area contributed by atoms with Crippen LogP contribution in [0.4, 0.5) is 10.6 Å². The highest BCUT2D eigenvalue weighted by Gasteiger charge is 2.25. The second-order valence-electron chi connectivity index (χ2n) is 6.06. The quantitative estimate of drug-likeness (QED) is 0.347. The molecule has 0 aliphatic carbocycles. The number of nitrogens with one attached hydrogen (secondary N) is 5. The van der Waals surface area contributed by atoms with Gasteiger partial charge in [-0.1, -0.05) is 6.58 Å². The molecule has 0 aromatic carbocycles. The minimum absolute atomic E-state index is 0.248. The highest BCUT2D eigenvalue weighted by atomic mass is 16.5. The molecule has 1 aliphatic heterocycles. The molecule has 0 radical (unpaired) electrons. The fourth-order valence-electron chi connectivity index (χ4n) is 2.78. The zero-order chi connectivity index (χ0) is 20.1. The van der Waals surface area contributed by atoms with E-state index in [0.29, 0.717) is 56.0 Å². The molecule has 0 bridgehead atoms. The summed E-state index contributed by atoms with van der Waals surface area (Å²) in [4.78, 5) is 22.4. The third kappa shape index (κ3) is 4.11. The summed E-state index contributed by atoms with van der Waals surface area (Å²) >= 11 is 0. The van der Waals surface area contributed by atoms with Crippen molar-refractivity contribution in [1.29, 1.82) is 5.41 Å². The molecule has 0 atom stereocenters. The molecule has 3 rings (SSSR count). The van der Waals surface area contributed by atoms with Crippen LogP contribution in [0.15, 0.2) is 18.7 Å². The van der Waals surface area contributed by atoms with Gasteiger partial charge < -0.3 is 24.8 Å². The van der Waals surface area contributed by atoms with Crippen LogP contribution in [-0.2, 0) is 11.8 Å². The predicted octanol–water partition coefficient (Wildman–Crippen LogP) is 0.0650. The Kier molecular flexibility index (Phi) is 5.89. The Morgan fingerprint density at radius 1 is 1.43 bits per heavy atom. The number of carbonyl (C=O) groups is 1. The van der Waals surface area contributed by atoms with Crippen molar-refractivity contribution < 1.29 is 9.53 Å². The van der Waals surface area contributed by atoms with Crippen molar-refractivity contribution in [3.63, 3.8) is 0 Å². The van der Waals surface area contributed by atoms with Crippen LogP contribution in [-0.4, -0.2) is 74.3 Å². The molecule has 28 heavy (non-hydrogen) atoms. The molecule has 3 heterocycles. The van der Waals surface area contributed by atoms with Gasteiger partial charge in [0.25, 0.3) is 0 Å². The number of hydrogen-bond acceptors (Lipinski definition) is 7. The lowest BCUT2D eigenvalue weighted by molar-refractivity contribution is 0.0679. The maximum Gasteiger partial charge on any atom is 0.320 e. The van der Waals surface area contributed by atoms with Crippen molar-refractivity contribution in [3.05, 3.63) is 24.4 Å². The fourth-order valence-corrected chi connectivity index (χ4v) is 2.78. The van der Waals surface area contributed by atoms with E-state index in [1.807, 2.05) is 11.8 Å². The second-order valence-corrected chi connectivity index (χ2v) is 6.06. The smallest absolute Gasteiger partial charge is 0.320 e. The summed E-state index contributed by atoms with van der Waals surface area (Å²) < 4.78 is 7.10. The Labute approximate surface area is 161 Å². The van der Waals surface area contributed by atoms with Crippen LogP contribution in [0.25, 0.3) is 11.6 Å². The van der Waals surface area contributed by atoms with Crippen molar-refractivity contribution in [3.8, 4) is 11.6 Å². The zero-order valence-corrected chi connectivity index (χ0v) is 15.9. The third-order valence-corrected chi connectivity index (χ3v) is 4.14. The molecule has 1 aliphatic rings. The van der Waals surface area contributed by atoms with Crippen molar-refractivity contribution in [2.24, 2.45) is 7.05 Å². The lowest BCUT2D eigenvalue weighted by atomic mass is 10.3. The maximum absolute atomic E-state index is 11.8. The molecule has 12 heteroatoms. The topological polar surface area (TPSA) is 149 Å². The number of amidine groups is 1. The molecule has 12 nitrogen and oxygen atoms in total. The molecule has 0 saturated carbocycles. The van der Waals surface area contributed by atoms with E-state index in [1.54, 1.807) is 11.6 Å². The van der Waals surface area contributed by atoms with E-state index < -0.39 is 0 Å². The van der Waals surface area contributed by atoms with Crippen molar-refractivity contribution in [2.75, 3.05) is 38.2 Å². The SMILES string of the molecule is C=C(NC(=O)NCC)Nc1c(C(=N)N2CCOCC2)nc(-c2ncn[nH]2)n1C.